The number of aliphatic hydroxyl groups excluding tert-OH is 1. The zero-order chi connectivity index (χ0) is 14.2. The van der Waals surface area contributed by atoms with E-state index in [1.54, 1.807) is 23.4 Å². The van der Waals surface area contributed by atoms with Crippen LogP contribution in [0.1, 0.15) is 57.3 Å². The van der Waals surface area contributed by atoms with E-state index in [1.807, 2.05) is 32.3 Å². The Hall–Kier alpha value is -1.33. The molecule has 0 saturated carbocycles. The van der Waals surface area contributed by atoms with Crippen LogP contribution in [0.15, 0.2) is 18.7 Å². The van der Waals surface area contributed by atoms with Crippen molar-refractivity contribution in [1.29, 1.82) is 0 Å². The lowest BCUT2D eigenvalue weighted by atomic mass is 10.1. The summed E-state index contributed by atoms with van der Waals surface area (Å²) in [5, 5.41) is 15.3. The Balaban J connectivity index is 2.47. The molecular formula is C13H19ClN4O. The second kappa shape index (κ2) is 5.35. The number of hydrogen-bond acceptors (Lipinski definition) is 3. The lowest BCUT2D eigenvalue weighted by Gasteiger charge is -2.19. The van der Waals surface area contributed by atoms with Crippen LogP contribution in [-0.4, -0.2) is 24.4 Å². The normalized spacial score (nSPS) is 13.5. The van der Waals surface area contributed by atoms with Gasteiger partial charge in [0.25, 0.3) is 0 Å². The van der Waals surface area contributed by atoms with E-state index in [4.69, 9.17) is 11.6 Å². The van der Waals surface area contributed by atoms with Crippen molar-refractivity contribution in [3.05, 3.63) is 35.1 Å². The summed E-state index contributed by atoms with van der Waals surface area (Å²) in [6.07, 6.45) is 4.12. The molecule has 5 nitrogen and oxygen atoms in total. The molecule has 1 atom stereocenters. The van der Waals surface area contributed by atoms with Crippen molar-refractivity contribution < 1.29 is 5.11 Å². The highest BCUT2D eigenvalue weighted by molar-refractivity contribution is 6.31. The predicted molar refractivity (Wildman–Crippen MR) is 74.3 cm³/mol. The molecule has 0 aliphatic carbocycles. The van der Waals surface area contributed by atoms with Crippen molar-refractivity contribution in [2.45, 2.75) is 45.9 Å². The van der Waals surface area contributed by atoms with Crippen LogP contribution in [0.3, 0.4) is 0 Å². The molecule has 0 aliphatic rings. The van der Waals surface area contributed by atoms with Crippen molar-refractivity contribution in [1.82, 2.24) is 19.3 Å². The Labute approximate surface area is 117 Å². The van der Waals surface area contributed by atoms with Crippen LogP contribution in [-0.2, 0) is 0 Å². The molecule has 104 valence electrons. The van der Waals surface area contributed by atoms with Gasteiger partial charge < -0.3 is 9.67 Å². The van der Waals surface area contributed by atoms with E-state index in [1.165, 1.54) is 0 Å². The van der Waals surface area contributed by atoms with Gasteiger partial charge in [-0.05, 0) is 27.7 Å². The number of aliphatic hydroxyl groups is 1. The minimum Gasteiger partial charge on any atom is -0.380 e. The summed E-state index contributed by atoms with van der Waals surface area (Å²) in [6.45, 7) is 8.08. The molecule has 0 spiro atoms. The fourth-order valence-corrected chi connectivity index (χ4v) is 2.35. The van der Waals surface area contributed by atoms with Crippen molar-refractivity contribution in [3.8, 4) is 0 Å². The maximum absolute atomic E-state index is 10.6. The summed E-state index contributed by atoms with van der Waals surface area (Å²) in [5.74, 6) is 0. The largest absolute Gasteiger partial charge is 0.380 e. The molecule has 2 heterocycles. The Bertz CT molecular complexity index is 559. The lowest BCUT2D eigenvalue weighted by molar-refractivity contribution is 0.193. The highest BCUT2D eigenvalue weighted by Gasteiger charge is 2.24. The monoisotopic (exact) mass is 282 g/mol. The quantitative estimate of drug-likeness (QED) is 0.938. The third-order valence-corrected chi connectivity index (χ3v) is 3.36. The molecule has 0 bridgehead atoms. The molecule has 2 rings (SSSR count). The molecule has 2 aromatic heterocycles. The molecule has 0 fully saturated rings. The third kappa shape index (κ3) is 2.53. The summed E-state index contributed by atoms with van der Waals surface area (Å²) >= 11 is 6.16. The van der Waals surface area contributed by atoms with Crippen LogP contribution in [0.25, 0.3) is 0 Å². The first-order valence-corrected chi connectivity index (χ1v) is 6.74. The van der Waals surface area contributed by atoms with Crippen molar-refractivity contribution in [3.63, 3.8) is 0 Å². The number of imidazole rings is 1. The van der Waals surface area contributed by atoms with Crippen molar-refractivity contribution in [2.24, 2.45) is 0 Å². The first-order chi connectivity index (χ1) is 8.93. The van der Waals surface area contributed by atoms with E-state index >= 15 is 0 Å². The van der Waals surface area contributed by atoms with Gasteiger partial charge in [-0.2, -0.15) is 5.10 Å². The SMILES string of the molecule is CC(C)n1cncc1C(O)c1c(Cl)cnn1C(C)C. The Morgan fingerprint density at radius 1 is 1.16 bits per heavy atom. The van der Waals surface area contributed by atoms with Gasteiger partial charge in [0.1, 0.15) is 6.10 Å². The summed E-state index contributed by atoms with van der Waals surface area (Å²) in [7, 11) is 0. The molecule has 0 amide bonds. The fraction of sp³-hybridized carbons (Fsp3) is 0.538. The number of aromatic nitrogens is 4. The predicted octanol–water partition coefficient (Wildman–Crippen LogP) is 2.98. The van der Waals surface area contributed by atoms with Gasteiger partial charge >= 0.3 is 0 Å². The number of hydrogen-bond donors (Lipinski definition) is 1. The van der Waals surface area contributed by atoms with Gasteiger partial charge in [-0.3, -0.25) is 4.68 Å². The van der Waals surface area contributed by atoms with Crippen LogP contribution in [0, 0.1) is 0 Å². The zero-order valence-corrected chi connectivity index (χ0v) is 12.3. The maximum Gasteiger partial charge on any atom is 0.139 e. The van der Waals surface area contributed by atoms with Gasteiger partial charge in [-0.25, -0.2) is 4.98 Å². The Morgan fingerprint density at radius 2 is 1.84 bits per heavy atom. The summed E-state index contributed by atoms with van der Waals surface area (Å²) in [4.78, 5) is 4.11. The first-order valence-electron chi connectivity index (χ1n) is 6.36. The topological polar surface area (TPSA) is 55.9 Å². The van der Waals surface area contributed by atoms with Crippen molar-refractivity contribution in [2.75, 3.05) is 0 Å². The number of rotatable bonds is 4. The van der Waals surface area contributed by atoms with E-state index < -0.39 is 6.10 Å². The van der Waals surface area contributed by atoms with Crippen LogP contribution in [0.4, 0.5) is 0 Å². The molecule has 0 radical (unpaired) electrons. The van der Waals surface area contributed by atoms with Crippen molar-refractivity contribution >= 4 is 11.6 Å². The number of nitrogens with zero attached hydrogens (tertiary/aromatic N) is 4. The van der Waals surface area contributed by atoms with E-state index in [0.29, 0.717) is 10.7 Å². The molecular weight excluding hydrogens is 264 g/mol. The lowest BCUT2D eigenvalue weighted by Crippen LogP contribution is -2.16. The van der Waals surface area contributed by atoms with Crippen LogP contribution >= 0.6 is 11.6 Å². The highest BCUT2D eigenvalue weighted by Crippen LogP contribution is 2.30. The highest BCUT2D eigenvalue weighted by atomic mass is 35.5. The fourth-order valence-electron chi connectivity index (χ4n) is 2.12. The van der Waals surface area contributed by atoms with Gasteiger partial charge in [0.2, 0.25) is 0 Å². The minimum absolute atomic E-state index is 0.132. The van der Waals surface area contributed by atoms with E-state index in [2.05, 4.69) is 10.1 Å². The van der Waals surface area contributed by atoms with Gasteiger partial charge in [0, 0.05) is 12.1 Å². The minimum atomic E-state index is -0.831. The van der Waals surface area contributed by atoms with E-state index in [0.717, 1.165) is 5.69 Å². The summed E-state index contributed by atoms with van der Waals surface area (Å²) in [5.41, 5.74) is 1.33. The Kier molecular flexibility index (Phi) is 3.96. The van der Waals surface area contributed by atoms with Gasteiger partial charge in [0.15, 0.2) is 0 Å². The van der Waals surface area contributed by atoms with Gasteiger partial charge in [0.05, 0.1) is 35.1 Å². The second-order valence-electron chi connectivity index (χ2n) is 5.14. The molecule has 0 aliphatic heterocycles. The van der Waals surface area contributed by atoms with Crippen LogP contribution in [0.5, 0.6) is 0 Å². The van der Waals surface area contributed by atoms with Crippen LogP contribution in [0.2, 0.25) is 5.02 Å². The molecule has 6 heteroatoms. The van der Waals surface area contributed by atoms with E-state index in [-0.39, 0.29) is 12.1 Å². The summed E-state index contributed by atoms with van der Waals surface area (Å²) in [6, 6.07) is 0.355. The second-order valence-corrected chi connectivity index (χ2v) is 5.55. The van der Waals surface area contributed by atoms with Crippen LogP contribution < -0.4 is 0 Å². The maximum atomic E-state index is 10.6. The number of halogens is 1. The standard InChI is InChI=1S/C13H19ClN4O/c1-8(2)17-7-15-6-11(17)13(19)12-10(14)5-16-18(12)9(3)4/h5-9,13,19H,1-4H3. The molecule has 0 aromatic carbocycles. The average molecular weight is 283 g/mol. The molecule has 19 heavy (non-hydrogen) atoms. The smallest absolute Gasteiger partial charge is 0.139 e. The van der Waals surface area contributed by atoms with Gasteiger partial charge in [-0.15, -0.1) is 0 Å². The molecule has 2 aromatic rings. The molecule has 1 unspecified atom stereocenters. The Morgan fingerprint density at radius 3 is 2.42 bits per heavy atom. The molecule has 1 N–H and O–H groups in total. The average Bonchev–Trinajstić information content (AvgIpc) is 2.93. The zero-order valence-electron chi connectivity index (χ0n) is 11.6. The van der Waals surface area contributed by atoms with E-state index in [9.17, 15) is 5.11 Å². The summed E-state index contributed by atoms with van der Waals surface area (Å²) < 4.78 is 3.67. The third-order valence-electron chi connectivity index (χ3n) is 3.07. The first kappa shape index (κ1) is 14.1. The van der Waals surface area contributed by atoms with Gasteiger partial charge in [-0.1, -0.05) is 11.6 Å². The molecule has 0 saturated heterocycles.